The molecule has 1 atom stereocenters. The van der Waals surface area contributed by atoms with E-state index in [9.17, 15) is 9.59 Å². The minimum Gasteiger partial charge on any atom is -0.497 e. The zero-order valence-electron chi connectivity index (χ0n) is 25.4. The maximum atomic E-state index is 15.0. The number of amides is 2. The molecule has 7 nitrogen and oxygen atoms in total. The van der Waals surface area contributed by atoms with Gasteiger partial charge in [0.15, 0.2) is 5.54 Å². The van der Waals surface area contributed by atoms with Gasteiger partial charge in [0.1, 0.15) is 17.2 Å². The third-order valence-corrected chi connectivity index (χ3v) is 9.26. The molecular formula is C36H41N3O4. The van der Waals surface area contributed by atoms with Crippen LogP contribution in [0.3, 0.4) is 0 Å². The Balaban J connectivity index is 1.54. The molecule has 1 fully saturated rings. The number of ether oxygens (including phenoxy) is 2. The van der Waals surface area contributed by atoms with Gasteiger partial charge in [0.2, 0.25) is 0 Å². The van der Waals surface area contributed by atoms with Crippen LogP contribution in [0, 0.1) is 6.92 Å². The number of nitrogens with one attached hydrogen (secondary N) is 1. The summed E-state index contributed by atoms with van der Waals surface area (Å²) in [6.45, 7) is 2.53. The molecule has 1 aliphatic carbocycles. The van der Waals surface area contributed by atoms with Crippen LogP contribution in [-0.2, 0) is 23.4 Å². The van der Waals surface area contributed by atoms with Crippen LogP contribution in [-0.4, -0.2) is 41.5 Å². The third-order valence-electron chi connectivity index (χ3n) is 9.26. The van der Waals surface area contributed by atoms with Crippen molar-refractivity contribution in [2.24, 2.45) is 0 Å². The molecule has 2 heterocycles. The van der Waals surface area contributed by atoms with Crippen LogP contribution < -0.4 is 14.8 Å². The molecule has 43 heavy (non-hydrogen) atoms. The maximum absolute atomic E-state index is 15.0. The van der Waals surface area contributed by atoms with Gasteiger partial charge in [-0.15, -0.1) is 0 Å². The Hall–Kier alpha value is -4.26. The molecule has 4 aromatic rings. The fraction of sp³-hybridized carbons (Fsp3) is 0.389. The molecule has 1 aromatic heterocycles. The second kappa shape index (κ2) is 12.2. The second-order valence-corrected chi connectivity index (χ2v) is 12.0. The summed E-state index contributed by atoms with van der Waals surface area (Å²) in [4.78, 5) is 31.5. The highest BCUT2D eigenvalue weighted by Crippen LogP contribution is 2.42. The van der Waals surface area contributed by atoms with E-state index in [4.69, 9.17) is 9.47 Å². The van der Waals surface area contributed by atoms with Crippen LogP contribution in [0.2, 0.25) is 0 Å². The van der Waals surface area contributed by atoms with Gasteiger partial charge in [-0.1, -0.05) is 74.6 Å². The van der Waals surface area contributed by atoms with Crippen molar-refractivity contribution in [3.63, 3.8) is 0 Å². The number of nitrogens with zero attached hydrogens (tertiary/aromatic N) is 2. The van der Waals surface area contributed by atoms with Crippen molar-refractivity contribution >= 4 is 22.7 Å². The van der Waals surface area contributed by atoms with Crippen LogP contribution >= 0.6 is 0 Å². The molecule has 2 aliphatic rings. The van der Waals surface area contributed by atoms with Crippen LogP contribution in [0.15, 0.2) is 72.8 Å². The highest BCUT2D eigenvalue weighted by Gasteiger charge is 2.53. The summed E-state index contributed by atoms with van der Waals surface area (Å²) in [7, 11) is 3.24. The highest BCUT2D eigenvalue weighted by molar-refractivity contribution is 6.04. The Labute approximate surface area is 253 Å². The van der Waals surface area contributed by atoms with Crippen molar-refractivity contribution in [3.05, 3.63) is 95.2 Å². The summed E-state index contributed by atoms with van der Waals surface area (Å²) in [5, 5.41) is 4.45. The number of aryl methyl sites for hydroxylation is 1. The molecule has 3 aromatic carbocycles. The molecule has 2 amide bonds. The topological polar surface area (TPSA) is 72.8 Å². The second-order valence-electron chi connectivity index (χ2n) is 12.0. The first-order chi connectivity index (χ1) is 20.9. The first-order valence-electron chi connectivity index (χ1n) is 15.4. The number of carbonyl (C=O) groups is 2. The van der Waals surface area contributed by atoms with Crippen LogP contribution in [0.1, 0.15) is 72.1 Å². The van der Waals surface area contributed by atoms with Crippen molar-refractivity contribution in [2.75, 3.05) is 14.2 Å². The minimum absolute atomic E-state index is 0.0711. The molecule has 0 bridgehead atoms. The number of hydrogen-bond donors (Lipinski definition) is 1. The zero-order chi connectivity index (χ0) is 30.0. The van der Waals surface area contributed by atoms with E-state index in [1.165, 1.54) is 19.3 Å². The number of hydrogen-bond acceptors (Lipinski definition) is 4. The number of rotatable bonds is 7. The van der Waals surface area contributed by atoms with Crippen LogP contribution in [0.5, 0.6) is 11.5 Å². The maximum Gasteiger partial charge on any atom is 0.272 e. The minimum atomic E-state index is -1.29. The average molecular weight is 580 g/mol. The molecule has 224 valence electrons. The summed E-state index contributed by atoms with van der Waals surface area (Å²) in [6.07, 6.45) is 7.72. The van der Waals surface area contributed by atoms with Crippen molar-refractivity contribution in [2.45, 2.75) is 76.5 Å². The molecule has 1 saturated carbocycles. The number of methoxy groups -OCH3 is 2. The van der Waals surface area contributed by atoms with Gasteiger partial charge in [0.05, 0.1) is 27.3 Å². The Morgan fingerprint density at radius 2 is 1.65 bits per heavy atom. The normalized spacial score (nSPS) is 19.4. The van der Waals surface area contributed by atoms with E-state index < -0.39 is 5.54 Å². The molecule has 6 rings (SSSR count). The van der Waals surface area contributed by atoms with Crippen molar-refractivity contribution in [1.82, 2.24) is 14.8 Å². The Morgan fingerprint density at radius 1 is 0.907 bits per heavy atom. The van der Waals surface area contributed by atoms with Crippen LogP contribution in [0.4, 0.5) is 0 Å². The Kier molecular flexibility index (Phi) is 8.15. The third kappa shape index (κ3) is 5.37. The number of carbonyl (C=O) groups excluding carboxylic acids is 2. The molecule has 1 aliphatic heterocycles. The number of aromatic nitrogens is 1. The Bertz CT molecular complexity index is 1620. The van der Waals surface area contributed by atoms with Crippen molar-refractivity contribution < 1.29 is 19.1 Å². The number of fused-ring (bicyclic) bond motifs is 3. The molecule has 0 radical (unpaired) electrons. The first-order valence-corrected chi connectivity index (χ1v) is 15.4. The highest BCUT2D eigenvalue weighted by atomic mass is 16.5. The summed E-state index contributed by atoms with van der Waals surface area (Å²) < 4.78 is 13.3. The van der Waals surface area contributed by atoms with E-state index in [-0.39, 0.29) is 24.4 Å². The Morgan fingerprint density at radius 3 is 2.37 bits per heavy atom. The summed E-state index contributed by atoms with van der Waals surface area (Å²) >= 11 is 0. The van der Waals surface area contributed by atoms with E-state index in [0.717, 1.165) is 53.3 Å². The quantitative estimate of drug-likeness (QED) is 0.263. The molecule has 1 unspecified atom stereocenters. The summed E-state index contributed by atoms with van der Waals surface area (Å²) in [6, 6.07) is 23.6. The van der Waals surface area contributed by atoms with E-state index >= 15 is 0 Å². The van der Waals surface area contributed by atoms with Gasteiger partial charge in [0.25, 0.3) is 11.8 Å². The van der Waals surface area contributed by atoms with Crippen molar-refractivity contribution in [3.8, 4) is 11.5 Å². The van der Waals surface area contributed by atoms with Gasteiger partial charge in [0, 0.05) is 22.5 Å². The fourth-order valence-electron chi connectivity index (χ4n) is 6.91. The number of benzene rings is 3. The SMILES string of the molecule is COc1ccc(OC)c(CN2C(=O)c3cc4ccc(C)cc4n3CC2(C(=O)NC2CCCCCCC2)c2ccccc2)c1. The predicted molar refractivity (Wildman–Crippen MR) is 168 cm³/mol. The lowest BCUT2D eigenvalue weighted by molar-refractivity contribution is -0.136. The molecule has 0 spiro atoms. The molecule has 7 heteroatoms. The predicted octanol–water partition coefficient (Wildman–Crippen LogP) is 6.75. The smallest absolute Gasteiger partial charge is 0.272 e. The first kappa shape index (κ1) is 28.8. The zero-order valence-corrected chi connectivity index (χ0v) is 25.4. The standard InChI is InChI=1S/C36H41N3O4/c1-25-16-17-26-22-32-34(40)39(23-27-21-30(42-2)18-19-33(27)43-3)36(24-38(32)31(26)20-25,28-12-8-7-9-13-28)35(41)37-29-14-10-5-4-6-11-15-29/h7-9,12-13,16-22,29H,4-6,10-11,14-15,23-24H2,1-3H3,(H,37,41). The van der Waals surface area contributed by atoms with E-state index in [0.29, 0.717) is 23.7 Å². The van der Waals surface area contributed by atoms with Gasteiger partial charge >= 0.3 is 0 Å². The summed E-state index contributed by atoms with van der Waals surface area (Å²) in [5.74, 6) is 0.966. The lowest BCUT2D eigenvalue weighted by Gasteiger charge is -2.47. The van der Waals surface area contributed by atoms with Gasteiger partial charge < -0.3 is 24.3 Å². The largest absolute Gasteiger partial charge is 0.497 e. The van der Waals surface area contributed by atoms with Gasteiger partial charge in [-0.2, -0.15) is 0 Å². The molecule has 0 saturated heterocycles. The lowest BCUT2D eigenvalue weighted by Crippen LogP contribution is -2.64. The van der Waals surface area contributed by atoms with Gasteiger partial charge in [-0.3, -0.25) is 9.59 Å². The van der Waals surface area contributed by atoms with E-state index in [1.54, 1.807) is 19.1 Å². The molecular weight excluding hydrogens is 538 g/mol. The van der Waals surface area contributed by atoms with Gasteiger partial charge in [-0.05, 0) is 61.2 Å². The fourth-order valence-corrected chi connectivity index (χ4v) is 6.91. The lowest BCUT2D eigenvalue weighted by atomic mass is 9.83. The van der Waals surface area contributed by atoms with E-state index in [2.05, 4.69) is 35.0 Å². The molecule has 1 N–H and O–H groups in total. The van der Waals surface area contributed by atoms with Crippen LogP contribution in [0.25, 0.3) is 10.9 Å². The van der Waals surface area contributed by atoms with E-state index in [1.807, 2.05) is 54.6 Å². The van der Waals surface area contributed by atoms with Crippen molar-refractivity contribution in [1.29, 1.82) is 0 Å². The van der Waals surface area contributed by atoms with Gasteiger partial charge in [-0.25, -0.2) is 0 Å². The monoisotopic (exact) mass is 579 g/mol. The average Bonchev–Trinajstić information content (AvgIpc) is 3.37. The summed E-state index contributed by atoms with van der Waals surface area (Å²) in [5.41, 5.74) is 2.91.